The van der Waals surface area contributed by atoms with Crippen molar-refractivity contribution in [2.24, 2.45) is 0 Å². The molecule has 124 valence electrons. The third-order valence-electron chi connectivity index (χ3n) is 3.20. The van der Waals surface area contributed by atoms with Crippen LogP contribution in [0.2, 0.25) is 0 Å². The van der Waals surface area contributed by atoms with Crippen molar-refractivity contribution in [2.45, 2.75) is 38.4 Å². The summed E-state index contributed by atoms with van der Waals surface area (Å²) in [6.07, 6.45) is 0.106. The lowest BCUT2D eigenvalue weighted by molar-refractivity contribution is -0.160. The van der Waals surface area contributed by atoms with Crippen LogP contribution in [0.1, 0.15) is 19.4 Å². The second kappa shape index (κ2) is 7.06. The number of hydrogen-bond acceptors (Lipinski definition) is 6. The summed E-state index contributed by atoms with van der Waals surface area (Å²) >= 11 is 0. The van der Waals surface area contributed by atoms with Crippen LogP contribution in [0.25, 0.3) is 0 Å². The van der Waals surface area contributed by atoms with E-state index in [4.69, 9.17) is 18.4 Å². The maximum Gasteiger partial charge on any atom is 0.264 e. The molecule has 0 unspecified atom stereocenters. The van der Waals surface area contributed by atoms with E-state index in [9.17, 15) is 8.42 Å². The SMILES string of the molecule is CC1(C)OC[C@@H]([C@H](COS(C)(=O)=O)OCc2ccccc2)O1. The summed E-state index contributed by atoms with van der Waals surface area (Å²) in [6.45, 7) is 4.19. The van der Waals surface area contributed by atoms with Gasteiger partial charge < -0.3 is 14.2 Å². The van der Waals surface area contributed by atoms with E-state index in [1.54, 1.807) is 13.8 Å². The van der Waals surface area contributed by atoms with Gasteiger partial charge in [0.2, 0.25) is 0 Å². The molecule has 6 nitrogen and oxygen atoms in total. The van der Waals surface area contributed by atoms with Gasteiger partial charge in [-0.05, 0) is 19.4 Å². The van der Waals surface area contributed by atoms with Gasteiger partial charge in [-0.2, -0.15) is 8.42 Å². The van der Waals surface area contributed by atoms with Gasteiger partial charge in [0.1, 0.15) is 12.2 Å². The lowest BCUT2D eigenvalue weighted by Gasteiger charge is -2.24. The quantitative estimate of drug-likeness (QED) is 0.709. The van der Waals surface area contributed by atoms with Crippen LogP contribution >= 0.6 is 0 Å². The highest BCUT2D eigenvalue weighted by atomic mass is 32.2. The second-order valence-electron chi connectivity index (χ2n) is 5.69. The molecule has 0 spiro atoms. The fourth-order valence-electron chi connectivity index (χ4n) is 2.13. The van der Waals surface area contributed by atoms with Crippen LogP contribution in [-0.4, -0.2) is 45.9 Å². The molecule has 0 bridgehead atoms. The molecule has 0 aliphatic carbocycles. The Morgan fingerprint density at radius 1 is 1.32 bits per heavy atom. The Bertz CT molecular complexity index is 569. The maximum absolute atomic E-state index is 11.2. The highest BCUT2D eigenvalue weighted by Crippen LogP contribution is 2.26. The molecule has 0 amide bonds. The van der Waals surface area contributed by atoms with E-state index in [0.717, 1.165) is 11.8 Å². The number of ether oxygens (including phenoxy) is 3. The van der Waals surface area contributed by atoms with Crippen molar-refractivity contribution < 1.29 is 26.8 Å². The zero-order valence-corrected chi connectivity index (χ0v) is 13.8. The van der Waals surface area contributed by atoms with Gasteiger partial charge in [-0.15, -0.1) is 0 Å². The van der Waals surface area contributed by atoms with Gasteiger partial charge in [0.15, 0.2) is 5.79 Å². The van der Waals surface area contributed by atoms with Crippen LogP contribution in [0.4, 0.5) is 0 Å². The van der Waals surface area contributed by atoms with Crippen molar-refractivity contribution in [2.75, 3.05) is 19.5 Å². The summed E-state index contributed by atoms with van der Waals surface area (Å²) < 4.78 is 44.3. The Balaban J connectivity index is 1.98. The molecule has 1 aliphatic rings. The Morgan fingerprint density at radius 3 is 2.55 bits per heavy atom. The minimum absolute atomic E-state index is 0.101. The molecule has 1 heterocycles. The first-order valence-corrected chi connectivity index (χ1v) is 8.88. The zero-order valence-electron chi connectivity index (χ0n) is 13.0. The summed E-state index contributed by atoms with van der Waals surface area (Å²) in [5, 5.41) is 0. The molecule has 1 saturated heterocycles. The number of hydrogen-bond donors (Lipinski definition) is 0. The molecule has 22 heavy (non-hydrogen) atoms. The Morgan fingerprint density at radius 2 is 2.00 bits per heavy atom. The highest BCUT2D eigenvalue weighted by molar-refractivity contribution is 7.85. The maximum atomic E-state index is 11.2. The molecule has 1 aromatic rings. The van der Waals surface area contributed by atoms with Gasteiger partial charge in [0.25, 0.3) is 10.1 Å². The predicted molar refractivity (Wildman–Crippen MR) is 80.7 cm³/mol. The van der Waals surface area contributed by atoms with Crippen LogP contribution in [0, 0.1) is 0 Å². The minimum Gasteiger partial charge on any atom is -0.368 e. The van der Waals surface area contributed by atoms with E-state index in [1.807, 2.05) is 30.3 Å². The molecule has 2 rings (SSSR count). The van der Waals surface area contributed by atoms with Gasteiger partial charge in [0.05, 0.1) is 26.1 Å². The van der Waals surface area contributed by atoms with Crippen LogP contribution in [0.5, 0.6) is 0 Å². The van der Waals surface area contributed by atoms with Crippen molar-refractivity contribution in [1.29, 1.82) is 0 Å². The summed E-state index contributed by atoms with van der Waals surface area (Å²) in [5.41, 5.74) is 0.991. The third kappa shape index (κ3) is 5.66. The van der Waals surface area contributed by atoms with Crippen LogP contribution in [-0.2, 0) is 35.1 Å². The molecule has 2 atom stereocenters. The smallest absolute Gasteiger partial charge is 0.264 e. The number of benzene rings is 1. The molecule has 0 saturated carbocycles. The molecule has 1 aliphatic heterocycles. The van der Waals surface area contributed by atoms with E-state index >= 15 is 0 Å². The molecule has 1 aromatic carbocycles. The molecule has 7 heteroatoms. The van der Waals surface area contributed by atoms with Crippen molar-refractivity contribution in [1.82, 2.24) is 0 Å². The average Bonchev–Trinajstić information content (AvgIpc) is 2.79. The molecular formula is C15H22O6S. The highest BCUT2D eigenvalue weighted by Gasteiger charge is 2.38. The summed E-state index contributed by atoms with van der Waals surface area (Å²) in [5.74, 6) is -0.704. The van der Waals surface area contributed by atoms with E-state index < -0.39 is 22.0 Å². The predicted octanol–water partition coefficient (Wildman–Crippen LogP) is 1.70. The van der Waals surface area contributed by atoms with Gasteiger partial charge in [-0.25, -0.2) is 0 Å². The van der Waals surface area contributed by atoms with Crippen molar-refractivity contribution >= 4 is 10.1 Å². The topological polar surface area (TPSA) is 71.1 Å². The zero-order chi connectivity index (χ0) is 16.2. The van der Waals surface area contributed by atoms with Crippen LogP contribution in [0.3, 0.4) is 0 Å². The van der Waals surface area contributed by atoms with Gasteiger partial charge >= 0.3 is 0 Å². The first kappa shape index (κ1) is 17.4. The Kier molecular flexibility index (Phi) is 5.57. The first-order chi connectivity index (χ1) is 10.3. The largest absolute Gasteiger partial charge is 0.368 e. The molecule has 0 radical (unpaired) electrons. The van der Waals surface area contributed by atoms with Crippen molar-refractivity contribution in [3.63, 3.8) is 0 Å². The Labute approximate surface area is 131 Å². The average molecular weight is 330 g/mol. The summed E-state index contributed by atoms with van der Waals surface area (Å²) in [6, 6.07) is 9.62. The van der Waals surface area contributed by atoms with E-state index in [0.29, 0.717) is 13.2 Å². The standard InChI is InChI=1S/C15H22O6S/c1-15(2)19-10-14(21-15)13(11-20-22(3,16)17)18-9-12-7-5-4-6-8-12/h4-8,13-14H,9-11H2,1-3H3/t13-,14-/m0/s1. The van der Waals surface area contributed by atoms with Gasteiger partial charge in [0, 0.05) is 0 Å². The fourth-order valence-corrected chi connectivity index (χ4v) is 2.51. The lowest BCUT2D eigenvalue weighted by atomic mass is 10.2. The third-order valence-corrected chi connectivity index (χ3v) is 3.76. The number of rotatable bonds is 7. The second-order valence-corrected chi connectivity index (χ2v) is 7.33. The van der Waals surface area contributed by atoms with Crippen LogP contribution < -0.4 is 0 Å². The summed E-state index contributed by atoms with van der Waals surface area (Å²) in [7, 11) is -3.54. The minimum atomic E-state index is -3.54. The monoisotopic (exact) mass is 330 g/mol. The molecule has 0 N–H and O–H groups in total. The van der Waals surface area contributed by atoms with Crippen molar-refractivity contribution in [3.8, 4) is 0 Å². The summed E-state index contributed by atoms with van der Waals surface area (Å²) in [4.78, 5) is 0. The van der Waals surface area contributed by atoms with Crippen LogP contribution in [0.15, 0.2) is 30.3 Å². The normalized spacial score (nSPS) is 22.6. The van der Waals surface area contributed by atoms with Crippen molar-refractivity contribution in [3.05, 3.63) is 35.9 Å². The Hall–Kier alpha value is -0.990. The van der Waals surface area contributed by atoms with Gasteiger partial charge in [-0.3, -0.25) is 4.18 Å². The first-order valence-electron chi connectivity index (χ1n) is 7.07. The fraction of sp³-hybridized carbons (Fsp3) is 0.600. The van der Waals surface area contributed by atoms with E-state index in [2.05, 4.69) is 0 Å². The lowest BCUT2D eigenvalue weighted by Crippen LogP contribution is -2.37. The van der Waals surface area contributed by atoms with E-state index in [-0.39, 0.29) is 12.7 Å². The molecular weight excluding hydrogens is 308 g/mol. The van der Waals surface area contributed by atoms with Gasteiger partial charge in [-0.1, -0.05) is 30.3 Å². The molecule has 1 fully saturated rings. The molecule has 0 aromatic heterocycles. The van der Waals surface area contributed by atoms with E-state index in [1.165, 1.54) is 0 Å².